The monoisotopic (exact) mass is 1110 g/mol. The molecule has 3 rings (SSSR count). The molecule has 0 aliphatic heterocycles. The third-order valence-electron chi connectivity index (χ3n) is 13.1. The van der Waals surface area contributed by atoms with E-state index >= 15 is 0 Å². The molecule has 4 N–H and O–H groups in total. The van der Waals surface area contributed by atoms with Crippen molar-refractivity contribution in [1.29, 1.82) is 0 Å². The van der Waals surface area contributed by atoms with Gasteiger partial charge >= 0.3 is 27.6 Å². The zero-order valence-electron chi connectivity index (χ0n) is 46.8. The Morgan fingerprint density at radius 3 is 1.47 bits per heavy atom. The molecule has 3 aromatic carbocycles. The fourth-order valence-electron chi connectivity index (χ4n) is 8.88. The number of ether oxygens (including phenoxy) is 2. The molecule has 15 heteroatoms. The van der Waals surface area contributed by atoms with Gasteiger partial charge in [0.1, 0.15) is 6.61 Å². The van der Waals surface area contributed by atoms with Crippen LogP contribution in [0, 0.1) is 0 Å². The number of rotatable bonds is 48. The summed E-state index contributed by atoms with van der Waals surface area (Å²) in [6.07, 6.45) is 38.7. The molecule has 77 heavy (non-hydrogen) atoms. The first-order chi connectivity index (χ1) is 37.6. The number of allylic oxidation sites excluding steroid dienone is 6. The third-order valence-corrected chi connectivity index (χ3v) is 16.2. The van der Waals surface area contributed by atoms with Crippen LogP contribution < -0.4 is 11.1 Å². The fraction of sp³-hybridized carbons (Fsp3) is 0.581. The largest absolute Gasteiger partial charge is 0.483 e. The van der Waals surface area contributed by atoms with E-state index in [2.05, 4.69) is 55.6 Å². The molecule has 3 aromatic rings. The van der Waals surface area contributed by atoms with Crippen LogP contribution in [0.5, 0.6) is 0 Å². The van der Waals surface area contributed by atoms with Crippen LogP contribution >= 0.6 is 15.6 Å². The zero-order chi connectivity index (χ0) is 55.4. The summed E-state index contributed by atoms with van der Waals surface area (Å²) < 4.78 is 60.3. The van der Waals surface area contributed by atoms with Gasteiger partial charge in [0.2, 0.25) is 0 Å². The van der Waals surface area contributed by atoms with E-state index < -0.39 is 52.4 Å². The second-order valence-electron chi connectivity index (χ2n) is 19.6. The Balaban J connectivity index is 1.56. The maximum absolute atomic E-state index is 14.1. The summed E-state index contributed by atoms with van der Waals surface area (Å²) in [4.78, 5) is 37.1. The minimum atomic E-state index is -5.14. The smallest absolute Gasteiger partial charge is 0.462 e. The highest BCUT2D eigenvalue weighted by molar-refractivity contribution is 7.61. The van der Waals surface area contributed by atoms with Crippen molar-refractivity contribution in [2.24, 2.45) is 5.73 Å². The van der Waals surface area contributed by atoms with Crippen molar-refractivity contribution in [3.05, 3.63) is 144 Å². The van der Waals surface area contributed by atoms with Gasteiger partial charge in [-0.25, -0.2) is 9.13 Å². The van der Waals surface area contributed by atoms with E-state index in [0.717, 1.165) is 100 Å². The molecule has 0 bridgehead atoms. The van der Waals surface area contributed by atoms with E-state index in [4.69, 9.17) is 33.1 Å². The lowest BCUT2D eigenvalue weighted by atomic mass is 9.77. The average molecular weight is 1110 g/mol. The van der Waals surface area contributed by atoms with Gasteiger partial charge in [0.25, 0.3) is 0 Å². The number of unbranched alkanes of at least 4 members (excludes halogenated alkanes) is 19. The number of nitrogens with one attached hydrogen (secondary N) is 1. The van der Waals surface area contributed by atoms with Crippen molar-refractivity contribution in [2.75, 3.05) is 39.5 Å². The number of hydrogen-bond acceptors (Lipinski definition) is 12. The Labute approximate surface area is 463 Å². The summed E-state index contributed by atoms with van der Waals surface area (Å²) in [5, 5.41) is 3.56. The summed E-state index contributed by atoms with van der Waals surface area (Å²) in [6, 6.07) is 29.4. The Morgan fingerprint density at radius 1 is 0.545 bits per heavy atom. The number of nitrogens with two attached hydrogens (primary N) is 1. The number of esters is 2. The van der Waals surface area contributed by atoms with Crippen LogP contribution in [0.2, 0.25) is 0 Å². The van der Waals surface area contributed by atoms with E-state index in [0.29, 0.717) is 12.8 Å². The van der Waals surface area contributed by atoms with Crippen LogP contribution in [0.4, 0.5) is 0 Å². The lowest BCUT2D eigenvalue weighted by Gasteiger charge is -2.37. The minimum absolute atomic E-state index is 0.0382. The quantitative estimate of drug-likeness (QED) is 0.0160. The normalized spacial score (nSPS) is 14.0. The lowest BCUT2D eigenvalue weighted by Crippen LogP contribution is -2.46. The second-order valence-corrected chi connectivity index (χ2v) is 22.9. The van der Waals surface area contributed by atoms with Crippen molar-refractivity contribution in [3.63, 3.8) is 0 Å². The summed E-state index contributed by atoms with van der Waals surface area (Å²) >= 11 is 0. The molecular formula is C62H96N2O11P2. The molecule has 0 saturated carbocycles. The van der Waals surface area contributed by atoms with Crippen LogP contribution in [-0.2, 0) is 51.6 Å². The first-order valence-corrected chi connectivity index (χ1v) is 32.0. The Bertz CT molecular complexity index is 2050. The summed E-state index contributed by atoms with van der Waals surface area (Å²) in [7, 11) is -10.1. The SMILES string of the molecule is CCCCC/C=C\C/C=C\CCCCCCCC(=O)O[C@H](COC(=O)CCCCCCC/C=C\CCCCCCCC)COP(=O)(OCCN)OP(=O)(O)OCCNC(c1ccccc1)(c1ccccc1)c1ccccc1. The Hall–Kier alpha value is -4.00. The van der Waals surface area contributed by atoms with Gasteiger partial charge in [-0.2, -0.15) is 4.31 Å². The third kappa shape index (κ3) is 30.8. The molecule has 2 unspecified atom stereocenters. The molecule has 0 fully saturated rings. The van der Waals surface area contributed by atoms with E-state index in [1.807, 2.05) is 91.0 Å². The second kappa shape index (κ2) is 42.9. The van der Waals surface area contributed by atoms with Crippen LogP contribution in [0.25, 0.3) is 0 Å². The summed E-state index contributed by atoms with van der Waals surface area (Å²) in [6.45, 7) is 2.59. The molecule has 430 valence electrons. The minimum Gasteiger partial charge on any atom is -0.462 e. The first-order valence-electron chi connectivity index (χ1n) is 29.1. The molecule has 0 aromatic heterocycles. The lowest BCUT2D eigenvalue weighted by molar-refractivity contribution is -0.161. The molecule has 0 amide bonds. The van der Waals surface area contributed by atoms with Crippen molar-refractivity contribution in [1.82, 2.24) is 5.32 Å². The number of phosphoric acid groups is 2. The number of carbonyl (C=O) groups excluding carboxylic acids is 2. The molecule has 0 heterocycles. The van der Waals surface area contributed by atoms with Gasteiger partial charge in [-0.1, -0.05) is 225 Å². The molecule has 0 radical (unpaired) electrons. The predicted octanol–water partition coefficient (Wildman–Crippen LogP) is 16.1. The standard InChI is InChI=1S/C62H96N2O11P2/c1-3-5-7-9-11-13-15-17-19-21-23-25-27-29-40-48-60(65)70-54-59(74-61(66)49-41-30-28-26-24-22-20-18-16-14-12-10-8-6-4-2)55-73-77(69,72-52-50-63)75-76(67,68)71-53-51-64-62(56-42-34-31-35-43-56,57-44-36-32-37-45-57)58-46-38-33-39-47-58/h12,14,17-20,31-39,42-47,59,64H,3-11,13,15-16,21-30,40-41,48-55,63H2,1-2H3,(H,67,68)/b14-12-,19-17-,20-18-/t59-,77?/m1/s1. The first kappa shape index (κ1) is 67.3. The molecule has 0 saturated heterocycles. The highest BCUT2D eigenvalue weighted by atomic mass is 31.3. The number of phosphoric ester groups is 2. The van der Waals surface area contributed by atoms with Gasteiger partial charge < -0.3 is 20.1 Å². The highest BCUT2D eigenvalue weighted by Gasteiger charge is 2.40. The number of hydrogen-bond donors (Lipinski definition) is 3. The van der Waals surface area contributed by atoms with Gasteiger partial charge in [-0.05, 0) is 87.3 Å². The molecule has 0 aliphatic carbocycles. The molecular weight excluding hydrogens is 1010 g/mol. The number of carbonyl (C=O) groups is 2. The summed E-state index contributed by atoms with van der Waals surface area (Å²) in [5.74, 6) is -1.04. The molecule has 3 atom stereocenters. The van der Waals surface area contributed by atoms with E-state index in [9.17, 15) is 23.6 Å². The van der Waals surface area contributed by atoms with Crippen molar-refractivity contribution >= 4 is 27.6 Å². The topological polar surface area (TPSA) is 182 Å². The highest BCUT2D eigenvalue weighted by Crippen LogP contribution is 2.63. The predicted molar refractivity (Wildman–Crippen MR) is 312 cm³/mol. The molecule has 0 aliphatic rings. The van der Waals surface area contributed by atoms with Gasteiger partial charge in [0, 0.05) is 25.9 Å². The number of benzene rings is 3. The maximum Gasteiger partial charge on any atom is 0.483 e. The van der Waals surface area contributed by atoms with Crippen molar-refractivity contribution in [2.45, 2.75) is 192 Å². The van der Waals surface area contributed by atoms with E-state index in [1.165, 1.54) is 57.8 Å². The van der Waals surface area contributed by atoms with Crippen molar-refractivity contribution < 1.29 is 51.0 Å². The summed E-state index contributed by atoms with van der Waals surface area (Å²) in [5.41, 5.74) is 7.54. The molecule has 0 spiro atoms. The molecule has 13 nitrogen and oxygen atoms in total. The van der Waals surface area contributed by atoms with Crippen LogP contribution in [0.1, 0.15) is 197 Å². The van der Waals surface area contributed by atoms with Crippen LogP contribution in [0.15, 0.2) is 127 Å². The van der Waals surface area contributed by atoms with E-state index in [-0.39, 0.29) is 39.1 Å². The van der Waals surface area contributed by atoms with Crippen LogP contribution in [-0.4, -0.2) is 62.5 Å². The van der Waals surface area contributed by atoms with Gasteiger partial charge in [-0.15, -0.1) is 0 Å². The maximum atomic E-state index is 14.1. The fourth-order valence-corrected chi connectivity index (χ4v) is 11.5. The Kier molecular flexibility index (Phi) is 37.5. The average Bonchev–Trinajstić information content (AvgIpc) is 3.45. The van der Waals surface area contributed by atoms with Gasteiger partial charge in [0.15, 0.2) is 6.10 Å². The van der Waals surface area contributed by atoms with Crippen LogP contribution in [0.3, 0.4) is 0 Å². The Morgan fingerprint density at radius 2 is 0.974 bits per heavy atom. The zero-order valence-corrected chi connectivity index (χ0v) is 48.6. The van der Waals surface area contributed by atoms with Crippen molar-refractivity contribution in [3.8, 4) is 0 Å². The van der Waals surface area contributed by atoms with Gasteiger partial charge in [-0.3, -0.25) is 28.5 Å². The van der Waals surface area contributed by atoms with Gasteiger partial charge in [0.05, 0.1) is 25.4 Å². The van der Waals surface area contributed by atoms with E-state index in [1.54, 1.807) is 0 Å².